The Morgan fingerprint density at radius 1 is 0.871 bits per heavy atom. The van der Waals surface area contributed by atoms with E-state index in [0.717, 1.165) is 43.7 Å². The number of aryl methyl sites for hydroxylation is 2. The molecule has 4 heteroatoms. The number of hydrogen-bond donors (Lipinski definition) is 0. The molecule has 4 rings (SSSR count). The highest BCUT2D eigenvalue weighted by Gasteiger charge is 2.19. The van der Waals surface area contributed by atoms with Crippen molar-refractivity contribution in [2.45, 2.75) is 26.9 Å². The third kappa shape index (κ3) is 4.16. The fourth-order valence-corrected chi connectivity index (χ4v) is 4.36. The van der Waals surface area contributed by atoms with Crippen molar-refractivity contribution in [2.24, 2.45) is 7.05 Å². The van der Waals surface area contributed by atoms with Crippen LogP contribution in [0.4, 0.5) is 0 Å². The second-order valence-corrected chi connectivity index (χ2v) is 8.70. The molecule has 0 N–H and O–H groups in total. The zero-order valence-electron chi connectivity index (χ0n) is 18.4. The van der Waals surface area contributed by atoms with Gasteiger partial charge in [-0.2, -0.15) is 0 Å². The van der Waals surface area contributed by atoms with Crippen LogP contribution >= 0.6 is 11.6 Å². The molecule has 0 radical (unpaired) electrons. The summed E-state index contributed by atoms with van der Waals surface area (Å²) < 4.78 is 1.81. The first-order chi connectivity index (χ1) is 14.9. The van der Waals surface area contributed by atoms with Crippen LogP contribution in [0.1, 0.15) is 22.4 Å². The summed E-state index contributed by atoms with van der Waals surface area (Å²) in [7, 11) is 3.94. The Kier molecular flexibility index (Phi) is 5.99. The maximum Gasteiger partial charge on any atom is 0.258 e. The number of aromatic nitrogens is 1. The molecule has 31 heavy (non-hydrogen) atoms. The predicted molar refractivity (Wildman–Crippen MR) is 131 cm³/mol. The van der Waals surface area contributed by atoms with E-state index in [-0.39, 0.29) is 5.56 Å². The molecule has 3 nitrogen and oxygen atoms in total. The van der Waals surface area contributed by atoms with Gasteiger partial charge in [-0.05, 0) is 60.7 Å². The predicted octanol–water partition coefficient (Wildman–Crippen LogP) is 6.11. The number of fused-ring (bicyclic) bond motifs is 1. The Labute approximate surface area is 188 Å². The highest BCUT2D eigenvalue weighted by Crippen LogP contribution is 2.33. The van der Waals surface area contributed by atoms with Crippen LogP contribution in [-0.4, -0.2) is 16.5 Å². The lowest BCUT2D eigenvalue weighted by Crippen LogP contribution is -2.27. The van der Waals surface area contributed by atoms with E-state index in [2.05, 4.69) is 44.0 Å². The molecule has 0 aliphatic carbocycles. The summed E-state index contributed by atoms with van der Waals surface area (Å²) in [6, 6.07) is 22.4. The van der Waals surface area contributed by atoms with Crippen LogP contribution in [0.2, 0.25) is 5.02 Å². The van der Waals surface area contributed by atoms with Crippen molar-refractivity contribution in [3.8, 4) is 11.1 Å². The van der Waals surface area contributed by atoms with Gasteiger partial charge >= 0.3 is 0 Å². The quantitative estimate of drug-likeness (QED) is 0.381. The van der Waals surface area contributed by atoms with Gasteiger partial charge in [0.05, 0.1) is 0 Å². The van der Waals surface area contributed by atoms with Crippen LogP contribution in [0.25, 0.3) is 21.9 Å². The monoisotopic (exact) mass is 430 g/mol. The van der Waals surface area contributed by atoms with E-state index >= 15 is 0 Å². The third-order valence-electron chi connectivity index (χ3n) is 6.01. The summed E-state index contributed by atoms with van der Waals surface area (Å²) in [5.41, 5.74) is 6.67. The first kappa shape index (κ1) is 21.4. The van der Waals surface area contributed by atoms with Crippen molar-refractivity contribution in [3.63, 3.8) is 0 Å². The molecule has 0 amide bonds. The van der Waals surface area contributed by atoms with Crippen LogP contribution in [0, 0.1) is 13.8 Å². The second-order valence-electron chi connectivity index (χ2n) is 8.30. The topological polar surface area (TPSA) is 25.2 Å². The van der Waals surface area contributed by atoms with Gasteiger partial charge in [0.1, 0.15) is 0 Å². The Hall–Kier alpha value is -2.88. The van der Waals surface area contributed by atoms with Crippen molar-refractivity contribution in [1.29, 1.82) is 0 Å². The minimum absolute atomic E-state index is 0.0407. The summed E-state index contributed by atoms with van der Waals surface area (Å²) in [5.74, 6) is 0. The van der Waals surface area contributed by atoms with Crippen molar-refractivity contribution in [3.05, 3.63) is 104 Å². The van der Waals surface area contributed by atoms with E-state index in [9.17, 15) is 4.79 Å². The normalized spacial score (nSPS) is 11.4. The molecule has 0 saturated carbocycles. The SMILES string of the molecule is Cc1cc2c(-c3ccccc3)c(CN(C)Cc3ccccc3Cl)n(C)c(=O)c2cc1C. The van der Waals surface area contributed by atoms with Crippen molar-refractivity contribution in [1.82, 2.24) is 9.47 Å². The maximum atomic E-state index is 13.3. The van der Waals surface area contributed by atoms with Gasteiger partial charge in [0, 0.05) is 41.8 Å². The van der Waals surface area contributed by atoms with Gasteiger partial charge in [0.2, 0.25) is 0 Å². The van der Waals surface area contributed by atoms with Crippen LogP contribution < -0.4 is 5.56 Å². The second kappa shape index (κ2) is 8.70. The zero-order valence-corrected chi connectivity index (χ0v) is 19.2. The van der Waals surface area contributed by atoms with E-state index in [0.29, 0.717) is 13.1 Å². The van der Waals surface area contributed by atoms with Crippen LogP contribution in [0.15, 0.2) is 71.5 Å². The molecule has 0 saturated heterocycles. The van der Waals surface area contributed by atoms with Crippen LogP contribution in [-0.2, 0) is 20.1 Å². The van der Waals surface area contributed by atoms with Crippen molar-refractivity contribution in [2.75, 3.05) is 7.05 Å². The molecule has 3 aromatic carbocycles. The van der Waals surface area contributed by atoms with Gasteiger partial charge in [-0.15, -0.1) is 0 Å². The van der Waals surface area contributed by atoms with E-state index in [1.807, 2.05) is 60.1 Å². The van der Waals surface area contributed by atoms with Gasteiger partial charge in [0.15, 0.2) is 0 Å². The summed E-state index contributed by atoms with van der Waals surface area (Å²) in [5, 5.41) is 2.54. The molecule has 158 valence electrons. The van der Waals surface area contributed by atoms with Gasteiger partial charge in [-0.1, -0.05) is 66.2 Å². The van der Waals surface area contributed by atoms with E-state index in [4.69, 9.17) is 11.6 Å². The Morgan fingerprint density at radius 2 is 1.48 bits per heavy atom. The van der Waals surface area contributed by atoms with E-state index in [1.165, 1.54) is 5.56 Å². The highest BCUT2D eigenvalue weighted by atomic mass is 35.5. The molecule has 4 aromatic rings. The lowest BCUT2D eigenvalue weighted by atomic mass is 9.94. The molecule has 0 spiro atoms. The van der Waals surface area contributed by atoms with Gasteiger partial charge in [-0.25, -0.2) is 0 Å². The standard InChI is InChI=1S/C27H27ClN2O/c1-18-14-22-23(15-19(18)2)27(31)30(4)25(26(22)20-10-6-5-7-11-20)17-29(3)16-21-12-8-9-13-24(21)28/h5-15H,16-17H2,1-4H3. The summed E-state index contributed by atoms with van der Waals surface area (Å²) in [6.45, 7) is 5.49. The van der Waals surface area contributed by atoms with Gasteiger partial charge < -0.3 is 4.57 Å². The largest absolute Gasteiger partial charge is 0.313 e. The van der Waals surface area contributed by atoms with E-state index < -0.39 is 0 Å². The third-order valence-corrected chi connectivity index (χ3v) is 6.38. The number of rotatable bonds is 5. The lowest BCUT2D eigenvalue weighted by Gasteiger charge is -2.23. The average molecular weight is 431 g/mol. The first-order valence-corrected chi connectivity index (χ1v) is 10.8. The van der Waals surface area contributed by atoms with Crippen LogP contribution in [0.3, 0.4) is 0 Å². The van der Waals surface area contributed by atoms with Gasteiger partial charge in [0.25, 0.3) is 5.56 Å². The fourth-order valence-electron chi connectivity index (χ4n) is 4.17. The van der Waals surface area contributed by atoms with E-state index in [1.54, 1.807) is 0 Å². The molecule has 0 unspecified atom stereocenters. The molecule has 0 aliphatic heterocycles. The number of nitrogens with zero attached hydrogens (tertiary/aromatic N) is 2. The molecule has 0 fully saturated rings. The zero-order chi connectivity index (χ0) is 22.1. The number of pyridine rings is 1. The summed E-state index contributed by atoms with van der Waals surface area (Å²) >= 11 is 6.38. The Morgan fingerprint density at radius 3 is 2.16 bits per heavy atom. The number of benzene rings is 3. The molecular weight excluding hydrogens is 404 g/mol. The minimum Gasteiger partial charge on any atom is -0.313 e. The Balaban J connectivity index is 1.90. The van der Waals surface area contributed by atoms with Gasteiger partial charge in [-0.3, -0.25) is 9.69 Å². The fraction of sp³-hybridized carbons (Fsp3) is 0.222. The lowest BCUT2D eigenvalue weighted by molar-refractivity contribution is 0.311. The molecule has 0 bridgehead atoms. The molecule has 1 heterocycles. The maximum absolute atomic E-state index is 13.3. The minimum atomic E-state index is 0.0407. The number of halogens is 1. The molecule has 0 aliphatic rings. The summed E-state index contributed by atoms with van der Waals surface area (Å²) in [6.07, 6.45) is 0. The first-order valence-electron chi connectivity index (χ1n) is 10.5. The van der Waals surface area contributed by atoms with Crippen molar-refractivity contribution < 1.29 is 0 Å². The van der Waals surface area contributed by atoms with Crippen LogP contribution in [0.5, 0.6) is 0 Å². The van der Waals surface area contributed by atoms with Crippen molar-refractivity contribution >= 4 is 22.4 Å². The average Bonchev–Trinajstić information content (AvgIpc) is 2.76. The number of hydrogen-bond acceptors (Lipinski definition) is 2. The highest BCUT2D eigenvalue weighted by molar-refractivity contribution is 6.31. The summed E-state index contributed by atoms with van der Waals surface area (Å²) in [4.78, 5) is 15.5. The molecule has 0 atom stereocenters. The molecular formula is C27H27ClN2O. The molecule has 1 aromatic heterocycles. The Bertz CT molecular complexity index is 1310. The smallest absolute Gasteiger partial charge is 0.258 e.